The standard InChI is InChI=1S/C10H21NO2/c1-9(2)5-7(8(12)6-11)10(3,4)13-9/h7-8,12H,5-6,11H2,1-4H3. The Morgan fingerprint density at radius 3 is 2.31 bits per heavy atom. The van der Waals surface area contributed by atoms with E-state index in [0.717, 1.165) is 6.42 Å². The molecule has 0 aromatic carbocycles. The normalized spacial score (nSPS) is 33.2. The van der Waals surface area contributed by atoms with Gasteiger partial charge in [0.15, 0.2) is 0 Å². The zero-order valence-electron chi connectivity index (χ0n) is 9.00. The fourth-order valence-corrected chi connectivity index (χ4v) is 2.37. The lowest BCUT2D eigenvalue weighted by Gasteiger charge is -2.29. The molecule has 2 unspecified atom stereocenters. The Morgan fingerprint density at radius 1 is 1.46 bits per heavy atom. The quantitative estimate of drug-likeness (QED) is 0.675. The second-order valence-corrected chi connectivity index (χ2v) is 5.08. The molecule has 0 saturated carbocycles. The molecule has 2 atom stereocenters. The summed E-state index contributed by atoms with van der Waals surface area (Å²) in [5.41, 5.74) is 5.06. The van der Waals surface area contributed by atoms with Crippen LogP contribution in [0.2, 0.25) is 0 Å². The van der Waals surface area contributed by atoms with Gasteiger partial charge in [-0.05, 0) is 34.1 Å². The first-order valence-corrected chi connectivity index (χ1v) is 4.87. The highest BCUT2D eigenvalue weighted by Gasteiger charge is 2.48. The molecule has 0 bridgehead atoms. The third kappa shape index (κ3) is 2.22. The molecule has 1 rings (SSSR count). The third-order valence-electron chi connectivity index (χ3n) is 2.85. The molecule has 0 spiro atoms. The van der Waals surface area contributed by atoms with Crippen LogP contribution in [-0.4, -0.2) is 29.0 Å². The van der Waals surface area contributed by atoms with Gasteiger partial charge in [-0.2, -0.15) is 0 Å². The summed E-state index contributed by atoms with van der Waals surface area (Å²) in [6, 6.07) is 0. The number of rotatable bonds is 2. The number of hydrogen-bond acceptors (Lipinski definition) is 3. The van der Waals surface area contributed by atoms with Crippen molar-refractivity contribution in [3.8, 4) is 0 Å². The van der Waals surface area contributed by atoms with Crippen LogP contribution in [0, 0.1) is 5.92 Å². The third-order valence-corrected chi connectivity index (χ3v) is 2.85. The maximum absolute atomic E-state index is 9.72. The summed E-state index contributed by atoms with van der Waals surface area (Å²) in [6.07, 6.45) is 0.426. The van der Waals surface area contributed by atoms with Crippen LogP contribution >= 0.6 is 0 Å². The van der Waals surface area contributed by atoms with Crippen LogP contribution in [-0.2, 0) is 4.74 Å². The van der Waals surface area contributed by atoms with Gasteiger partial charge in [-0.1, -0.05) is 0 Å². The smallest absolute Gasteiger partial charge is 0.0718 e. The highest BCUT2D eigenvalue weighted by molar-refractivity contribution is 4.97. The summed E-state index contributed by atoms with van der Waals surface area (Å²) in [4.78, 5) is 0. The van der Waals surface area contributed by atoms with Crippen molar-refractivity contribution in [3.05, 3.63) is 0 Å². The number of hydrogen-bond donors (Lipinski definition) is 2. The average molecular weight is 187 g/mol. The Bertz CT molecular complexity index is 189. The van der Waals surface area contributed by atoms with Gasteiger partial charge in [-0.25, -0.2) is 0 Å². The molecule has 0 aliphatic carbocycles. The van der Waals surface area contributed by atoms with Gasteiger partial charge in [0.1, 0.15) is 0 Å². The Kier molecular flexibility index (Phi) is 2.72. The van der Waals surface area contributed by atoms with Crippen LogP contribution in [0.3, 0.4) is 0 Å². The Balaban J connectivity index is 2.76. The summed E-state index contributed by atoms with van der Waals surface area (Å²) in [6.45, 7) is 8.46. The second kappa shape index (κ2) is 3.23. The first-order valence-electron chi connectivity index (χ1n) is 4.87. The van der Waals surface area contributed by atoms with E-state index in [2.05, 4.69) is 13.8 Å². The van der Waals surface area contributed by atoms with Crippen molar-refractivity contribution < 1.29 is 9.84 Å². The van der Waals surface area contributed by atoms with Crippen molar-refractivity contribution in [2.24, 2.45) is 11.7 Å². The first-order chi connectivity index (χ1) is 5.78. The summed E-state index contributed by atoms with van der Waals surface area (Å²) in [7, 11) is 0. The van der Waals surface area contributed by atoms with Gasteiger partial charge >= 0.3 is 0 Å². The number of ether oxygens (including phenoxy) is 1. The lowest BCUT2D eigenvalue weighted by Crippen LogP contribution is -2.39. The molecule has 0 aromatic heterocycles. The molecule has 0 amide bonds. The SMILES string of the molecule is CC1(C)CC(C(O)CN)C(C)(C)O1. The van der Waals surface area contributed by atoms with Crippen molar-refractivity contribution in [2.45, 2.75) is 51.4 Å². The van der Waals surface area contributed by atoms with Crippen LogP contribution < -0.4 is 5.73 Å². The maximum atomic E-state index is 9.72. The zero-order chi connectivity index (χ0) is 10.3. The van der Waals surface area contributed by atoms with Crippen LogP contribution in [0.4, 0.5) is 0 Å². The fourth-order valence-electron chi connectivity index (χ4n) is 2.37. The fraction of sp³-hybridized carbons (Fsp3) is 1.00. The molecule has 1 aliphatic heterocycles. The van der Waals surface area contributed by atoms with Gasteiger partial charge in [0.05, 0.1) is 17.3 Å². The molecule has 13 heavy (non-hydrogen) atoms. The number of nitrogens with two attached hydrogens (primary N) is 1. The number of aliphatic hydroxyl groups is 1. The van der Waals surface area contributed by atoms with E-state index in [0.29, 0.717) is 6.54 Å². The van der Waals surface area contributed by atoms with Crippen molar-refractivity contribution in [1.29, 1.82) is 0 Å². The Hall–Kier alpha value is -0.120. The van der Waals surface area contributed by atoms with Gasteiger partial charge < -0.3 is 15.6 Å². The molecule has 78 valence electrons. The van der Waals surface area contributed by atoms with Crippen molar-refractivity contribution in [3.63, 3.8) is 0 Å². The molecule has 3 N–H and O–H groups in total. The molecule has 0 radical (unpaired) electrons. The van der Waals surface area contributed by atoms with E-state index in [1.54, 1.807) is 0 Å². The van der Waals surface area contributed by atoms with Gasteiger partial charge in [-0.15, -0.1) is 0 Å². The van der Waals surface area contributed by atoms with Crippen LogP contribution in [0.5, 0.6) is 0 Å². The minimum absolute atomic E-state index is 0.135. The summed E-state index contributed by atoms with van der Waals surface area (Å²) >= 11 is 0. The predicted octanol–water partition coefficient (Wildman–Crippen LogP) is 0.900. The van der Waals surface area contributed by atoms with Gasteiger partial charge in [0.2, 0.25) is 0 Å². The first kappa shape index (κ1) is 11.0. The van der Waals surface area contributed by atoms with E-state index < -0.39 is 6.10 Å². The Morgan fingerprint density at radius 2 is 2.00 bits per heavy atom. The maximum Gasteiger partial charge on any atom is 0.0718 e. The zero-order valence-corrected chi connectivity index (χ0v) is 9.00. The lowest BCUT2D eigenvalue weighted by atomic mass is 9.83. The average Bonchev–Trinajstić information content (AvgIpc) is 2.17. The topological polar surface area (TPSA) is 55.5 Å². The van der Waals surface area contributed by atoms with Crippen molar-refractivity contribution >= 4 is 0 Å². The highest BCUT2D eigenvalue weighted by atomic mass is 16.5. The molecule has 0 aromatic rings. The highest BCUT2D eigenvalue weighted by Crippen LogP contribution is 2.43. The minimum Gasteiger partial charge on any atom is -0.391 e. The molecular weight excluding hydrogens is 166 g/mol. The summed E-state index contributed by atoms with van der Waals surface area (Å²) in [5.74, 6) is 0.146. The molecule has 1 fully saturated rings. The monoisotopic (exact) mass is 187 g/mol. The molecule has 1 saturated heterocycles. The molecule has 1 aliphatic rings. The number of aliphatic hydroxyl groups excluding tert-OH is 1. The van der Waals surface area contributed by atoms with Crippen molar-refractivity contribution in [1.82, 2.24) is 0 Å². The van der Waals surface area contributed by atoms with Crippen LogP contribution in [0.25, 0.3) is 0 Å². The van der Waals surface area contributed by atoms with Gasteiger partial charge in [0.25, 0.3) is 0 Å². The molecule has 1 heterocycles. The molecule has 3 heteroatoms. The van der Waals surface area contributed by atoms with E-state index in [1.165, 1.54) is 0 Å². The molecule has 3 nitrogen and oxygen atoms in total. The van der Waals surface area contributed by atoms with E-state index in [4.69, 9.17) is 10.5 Å². The van der Waals surface area contributed by atoms with E-state index in [1.807, 2.05) is 13.8 Å². The molecular formula is C10H21NO2. The van der Waals surface area contributed by atoms with E-state index in [-0.39, 0.29) is 17.1 Å². The van der Waals surface area contributed by atoms with Crippen molar-refractivity contribution in [2.75, 3.05) is 6.54 Å². The minimum atomic E-state index is -0.447. The summed E-state index contributed by atoms with van der Waals surface area (Å²) < 4.78 is 5.86. The van der Waals surface area contributed by atoms with Gasteiger partial charge in [0, 0.05) is 12.5 Å². The predicted molar refractivity (Wildman–Crippen MR) is 52.4 cm³/mol. The summed E-state index contributed by atoms with van der Waals surface area (Å²) in [5, 5.41) is 9.72. The van der Waals surface area contributed by atoms with Gasteiger partial charge in [-0.3, -0.25) is 0 Å². The van der Waals surface area contributed by atoms with Crippen LogP contribution in [0.1, 0.15) is 34.1 Å². The van der Waals surface area contributed by atoms with Crippen LogP contribution in [0.15, 0.2) is 0 Å². The van der Waals surface area contributed by atoms with E-state index in [9.17, 15) is 5.11 Å². The largest absolute Gasteiger partial charge is 0.391 e. The Labute approximate surface area is 80.3 Å². The second-order valence-electron chi connectivity index (χ2n) is 5.08. The van der Waals surface area contributed by atoms with E-state index >= 15 is 0 Å². The lowest BCUT2D eigenvalue weighted by molar-refractivity contribution is -0.0865.